The van der Waals surface area contributed by atoms with Crippen molar-refractivity contribution in [1.82, 2.24) is 14.3 Å². The van der Waals surface area contributed by atoms with Crippen LogP contribution in [0.4, 0.5) is 10.5 Å². The number of nitrogens with zero attached hydrogens (tertiary/aromatic N) is 3. The van der Waals surface area contributed by atoms with Crippen LogP contribution in [0.2, 0.25) is 5.02 Å². The predicted octanol–water partition coefficient (Wildman–Crippen LogP) is 6.07. The van der Waals surface area contributed by atoms with E-state index in [1.165, 1.54) is 0 Å². The Bertz CT molecular complexity index is 1300. The molecule has 33 heavy (non-hydrogen) atoms. The number of imidazole rings is 1. The van der Waals surface area contributed by atoms with Gasteiger partial charge in [-0.05, 0) is 55.3 Å². The Labute approximate surface area is 197 Å². The Balaban J connectivity index is 1.43. The number of ether oxygens (including phenoxy) is 1. The minimum absolute atomic E-state index is 0.115. The number of benzene rings is 2. The van der Waals surface area contributed by atoms with Gasteiger partial charge in [0, 0.05) is 41.5 Å². The van der Waals surface area contributed by atoms with Crippen LogP contribution in [0.25, 0.3) is 16.8 Å². The lowest BCUT2D eigenvalue weighted by Crippen LogP contribution is -2.42. The summed E-state index contributed by atoms with van der Waals surface area (Å²) < 4.78 is 7.56. The predicted molar refractivity (Wildman–Crippen MR) is 131 cm³/mol. The molecule has 0 radical (unpaired) electrons. The molecule has 1 fully saturated rings. The first-order chi connectivity index (χ1) is 16.1. The molecule has 2 amide bonds. The third kappa shape index (κ3) is 4.39. The molecule has 1 unspecified atom stereocenters. The number of methoxy groups -OCH3 is 1. The first kappa shape index (κ1) is 21.3. The molecule has 1 N–H and O–H groups in total. The Kier molecular flexibility index (Phi) is 5.92. The van der Waals surface area contributed by atoms with Crippen LogP contribution >= 0.6 is 11.6 Å². The van der Waals surface area contributed by atoms with Crippen molar-refractivity contribution in [3.8, 4) is 17.0 Å². The number of likely N-dealkylation sites (tertiary alicyclic amines) is 1. The van der Waals surface area contributed by atoms with Crippen LogP contribution in [0.5, 0.6) is 5.75 Å². The molecule has 7 heteroatoms. The van der Waals surface area contributed by atoms with Crippen molar-refractivity contribution in [3.05, 3.63) is 83.8 Å². The highest BCUT2D eigenvalue weighted by Crippen LogP contribution is 2.33. The summed E-state index contributed by atoms with van der Waals surface area (Å²) in [7, 11) is 1.67. The van der Waals surface area contributed by atoms with Crippen LogP contribution in [-0.2, 0) is 0 Å². The lowest BCUT2D eigenvalue weighted by Gasteiger charge is -2.32. The second kappa shape index (κ2) is 9.16. The summed E-state index contributed by atoms with van der Waals surface area (Å²) in [5.41, 5.74) is 3.67. The van der Waals surface area contributed by atoms with Crippen LogP contribution < -0.4 is 10.1 Å². The SMILES string of the molecule is COc1cccc(-c2nc(C3CCCN(C(=O)Nc4cccc(Cl)c4)C3)n3ccccc23)c1. The first-order valence-corrected chi connectivity index (χ1v) is 11.4. The Hall–Kier alpha value is -3.51. The van der Waals surface area contributed by atoms with Crippen molar-refractivity contribution < 1.29 is 9.53 Å². The summed E-state index contributed by atoms with van der Waals surface area (Å²) in [5, 5.41) is 3.56. The lowest BCUT2D eigenvalue weighted by molar-refractivity contribution is 0.191. The van der Waals surface area contributed by atoms with E-state index in [0.29, 0.717) is 17.3 Å². The smallest absolute Gasteiger partial charge is 0.321 e. The molecule has 0 bridgehead atoms. The maximum Gasteiger partial charge on any atom is 0.321 e. The molecule has 168 valence electrons. The number of hydrogen-bond acceptors (Lipinski definition) is 3. The van der Waals surface area contributed by atoms with Gasteiger partial charge in [-0.3, -0.25) is 0 Å². The molecule has 2 aromatic heterocycles. The Morgan fingerprint density at radius 3 is 2.85 bits per heavy atom. The lowest BCUT2D eigenvalue weighted by atomic mass is 9.97. The van der Waals surface area contributed by atoms with Crippen molar-refractivity contribution in [1.29, 1.82) is 0 Å². The quantitative estimate of drug-likeness (QED) is 0.401. The second-order valence-corrected chi connectivity index (χ2v) is 8.67. The number of anilines is 1. The molecule has 5 rings (SSSR count). The molecule has 0 spiro atoms. The third-order valence-corrected chi connectivity index (χ3v) is 6.30. The van der Waals surface area contributed by atoms with Gasteiger partial charge in [-0.2, -0.15) is 0 Å². The summed E-state index contributed by atoms with van der Waals surface area (Å²) in [6.45, 7) is 1.33. The summed E-state index contributed by atoms with van der Waals surface area (Å²) in [6.07, 6.45) is 3.95. The third-order valence-electron chi connectivity index (χ3n) is 6.07. The minimum Gasteiger partial charge on any atom is -0.497 e. The van der Waals surface area contributed by atoms with Gasteiger partial charge in [-0.1, -0.05) is 35.9 Å². The van der Waals surface area contributed by atoms with Crippen molar-refractivity contribution in [2.24, 2.45) is 0 Å². The fraction of sp³-hybridized carbons (Fsp3) is 0.231. The number of rotatable bonds is 4. The molecule has 1 atom stereocenters. The molecular weight excluding hydrogens is 436 g/mol. The number of halogens is 1. The summed E-state index contributed by atoms with van der Waals surface area (Å²) in [4.78, 5) is 19.9. The molecule has 0 aliphatic carbocycles. The molecule has 1 aliphatic rings. The van der Waals surface area contributed by atoms with Gasteiger partial charge in [0.25, 0.3) is 0 Å². The molecule has 4 aromatic rings. The Morgan fingerprint density at radius 2 is 2.00 bits per heavy atom. The fourth-order valence-corrected chi connectivity index (χ4v) is 4.66. The minimum atomic E-state index is -0.115. The molecule has 0 saturated carbocycles. The molecule has 3 heterocycles. The summed E-state index contributed by atoms with van der Waals surface area (Å²) in [6, 6.07) is 21.2. The van der Waals surface area contributed by atoms with Crippen LogP contribution in [0, 0.1) is 0 Å². The molecule has 6 nitrogen and oxygen atoms in total. The topological polar surface area (TPSA) is 58.9 Å². The van der Waals surface area contributed by atoms with Crippen LogP contribution in [-0.4, -0.2) is 40.5 Å². The summed E-state index contributed by atoms with van der Waals surface area (Å²) in [5.74, 6) is 1.91. The van der Waals surface area contributed by atoms with E-state index in [4.69, 9.17) is 21.3 Å². The van der Waals surface area contributed by atoms with Gasteiger partial charge < -0.3 is 19.4 Å². The van der Waals surface area contributed by atoms with Gasteiger partial charge in [-0.25, -0.2) is 9.78 Å². The zero-order valence-corrected chi connectivity index (χ0v) is 19.1. The van der Waals surface area contributed by atoms with Gasteiger partial charge in [0.1, 0.15) is 11.6 Å². The molecule has 2 aromatic carbocycles. The number of nitrogens with one attached hydrogen (secondary N) is 1. The number of fused-ring (bicyclic) bond motifs is 1. The van der Waals surface area contributed by atoms with Crippen LogP contribution in [0.1, 0.15) is 24.6 Å². The van der Waals surface area contributed by atoms with Crippen molar-refractivity contribution >= 4 is 28.8 Å². The molecular formula is C26H25ClN4O2. The number of aromatic nitrogens is 2. The van der Waals surface area contributed by atoms with Crippen LogP contribution in [0.15, 0.2) is 72.9 Å². The van der Waals surface area contributed by atoms with Gasteiger partial charge in [0.15, 0.2) is 0 Å². The van der Waals surface area contributed by atoms with Gasteiger partial charge >= 0.3 is 6.03 Å². The Morgan fingerprint density at radius 1 is 1.12 bits per heavy atom. The fourth-order valence-electron chi connectivity index (χ4n) is 4.47. The molecule has 1 aliphatic heterocycles. The molecule has 1 saturated heterocycles. The van der Waals surface area contributed by atoms with E-state index in [1.807, 2.05) is 59.6 Å². The van der Waals surface area contributed by atoms with E-state index in [1.54, 1.807) is 19.2 Å². The highest BCUT2D eigenvalue weighted by atomic mass is 35.5. The number of urea groups is 1. The van der Waals surface area contributed by atoms with E-state index in [0.717, 1.165) is 47.7 Å². The average Bonchev–Trinajstić information content (AvgIpc) is 3.24. The van der Waals surface area contributed by atoms with E-state index >= 15 is 0 Å². The zero-order chi connectivity index (χ0) is 22.8. The average molecular weight is 461 g/mol. The zero-order valence-electron chi connectivity index (χ0n) is 18.4. The number of carbonyl (C=O) groups excluding carboxylic acids is 1. The normalized spacial score (nSPS) is 16.1. The van der Waals surface area contributed by atoms with Gasteiger partial charge in [-0.15, -0.1) is 0 Å². The highest BCUT2D eigenvalue weighted by molar-refractivity contribution is 6.30. The monoisotopic (exact) mass is 460 g/mol. The maximum atomic E-state index is 12.9. The van der Waals surface area contributed by atoms with E-state index in [-0.39, 0.29) is 11.9 Å². The van der Waals surface area contributed by atoms with E-state index < -0.39 is 0 Å². The second-order valence-electron chi connectivity index (χ2n) is 8.23. The van der Waals surface area contributed by atoms with Crippen molar-refractivity contribution in [3.63, 3.8) is 0 Å². The number of carbonyl (C=O) groups is 1. The maximum absolute atomic E-state index is 12.9. The highest BCUT2D eigenvalue weighted by Gasteiger charge is 2.28. The number of pyridine rings is 1. The van der Waals surface area contributed by atoms with Gasteiger partial charge in [0.2, 0.25) is 0 Å². The standard InChI is InChI=1S/C26H25ClN4O2/c1-33-22-11-4-7-18(15-22)24-23-12-2-3-14-31(23)25(29-24)19-8-6-13-30(17-19)26(32)28-21-10-5-9-20(27)16-21/h2-5,7,9-12,14-16,19H,6,8,13,17H2,1H3,(H,28,32). The van der Waals surface area contributed by atoms with E-state index in [2.05, 4.69) is 15.8 Å². The first-order valence-electron chi connectivity index (χ1n) is 11.1. The summed E-state index contributed by atoms with van der Waals surface area (Å²) >= 11 is 6.06. The number of hydrogen-bond donors (Lipinski definition) is 1. The number of piperidine rings is 1. The van der Waals surface area contributed by atoms with Crippen molar-refractivity contribution in [2.75, 3.05) is 25.5 Å². The largest absolute Gasteiger partial charge is 0.497 e. The number of amides is 2. The van der Waals surface area contributed by atoms with Crippen LogP contribution in [0.3, 0.4) is 0 Å². The van der Waals surface area contributed by atoms with E-state index in [9.17, 15) is 4.79 Å². The van der Waals surface area contributed by atoms with Crippen molar-refractivity contribution in [2.45, 2.75) is 18.8 Å². The van der Waals surface area contributed by atoms with Gasteiger partial charge in [0.05, 0.1) is 18.3 Å².